The van der Waals surface area contributed by atoms with E-state index in [0.717, 1.165) is 5.56 Å². The van der Waals surface area contributed by atoms with Crippen molar-refractivity contribution in [2.45, 2.75) is 20.4 Å². The summed E-state index contributed by atoms with van der Waals surface area (Å²) in [6, 6.07) is 14.3. The Morgan fingerprint density at radius 2 is 1.58 bits per heavy atom. The molecule has 0 unspecified atom stereocenters. The molecule has 0 saturated carbocycles. The molecule has 138 valence electrons. The fourth-order valence-electron chi connectivity index (χ4n) is 2.31. The van der Waals surface area contributed by atoms with Crippen LogP contribution in [0.2, 0.25) is 0 Å². The smallest absolute Gasteiger partial charge is 0.239 e. The SMILES string of the molecule is COc1ccc(NC(=O)C(C)(C)C(=O)NCc2ccccc2OC)cc1. The topological polar surface area (TPSA) is 76.7 Å². The first kappa shape index (κ1) is 19.3. The molecule has 0 aromatic heterocycles. The predicted octanol–water partition coefficient (Wildman–Crippen LogP) is 2.98. The monoisotopic (exact) mass is 356 g/mol. The first-order valence-electron chi connectivity index (χ1n) is 8.24. The third-order valence-electron chi connectivity index (χ3n) is 4.12. The van der Waals surface area contributed by atoms with Gasteiger partial charge in [-0.2, -0.15) is 0 Å². The van der Waals surface area contributed by atoms with E-state index in [1.807, 2.05) is 24.3 Å². The molecule has 0 fully saturated rings. The number of nitrogens with one attached hydrogen (secondary N) is 2. The number of ether oxygens (including phenoxy) is 2. The Bertz CT molecular complexity index is 770. The summed E-state index contributed by atoms with van der Waals surface area (Å²) in [4.78, 5) is 25.1. The molecule has 0 spiro atoms. The van der Waals surface area contributed by atoms with Gasteiger partial charge in [0.25, 0.3) is 0 Å². The van der Waals surface area contributed by atoms with Crippen LogP contribution in [0.4, 0.5) is 5.69 Å². The number of carbonyl (C=O) groups is 2. The van der Waals surface area contributed by atoms with Crippen LogP contribution in [0.5, 0.6) is 11.5 Å². The second-order valence-electron chi connectivity index (χ2n) is 6.30. The second-order valence-corrected chi connectivity index (χ2v) is 6.30. The van der Waals surface area contributed by atoms with Gasteiger partial charge < -0.3 is 20.1 Å². The lowest BCUT2D eigenvalue weighted by molar-refractivity contribution is -0.138. The highest BCUT2D eigenvalue weighted by Gasteiger charge is 2.36. The standard InChI is InChI=1S/C20H24N2O4/c1-20(2,19(24)22-15-9-11-16(25-3)12-10-15)18(23)21-13-14-7-5-6-8-17(14)26-4/h5-12H,13H2,1-4H3,(H,21,23)(H,22,24). The van der Waals surface area contributed by atoms with Crippen LogP contribution in [0.15, 0.2) is 48.5 Å². The lowest BCUT2D eigenvalue weighted by atomic mass is 9.90. The minimum atomic E-state index is -1.23. The van der Waals surface area contributed by atoms with Gasteiger partial charge in [-0.1, -0.05) is 18.2 Å². The first-order valence-corrected chi connectivity index (χ1v) is 8.24. The maximum absolute atomic E-state index is 12.5. The van der Waals surface area contributed by atoms with Gasteiger partial charge in [0, 0.05) is 17.8 Å². The molecule has 0 bridgehead atoms. The molecule has 0 aliphatic rings. The van der Waals surface area contributed by atoms with Gasteiger partial charge in [0.15, 0.2) is 0 Å². The summed E-state index contributed by atoms with van der Waals surface area (Å²) >= 11 is 0. The van der Waals surface area contributed by atoms with E-state index in [9.17, 15) is 9.59 Å². The summed E-state index contributed by atoms with van der Waals surface area (Å²) in [5.41, 5.74) is 0.207. The van der Waals surface area contributed by atoms with Crippen LogP contribution in [0, 0.1) is 5.41 Å². The molecule has 6 heteroatoms. The molecule has 2 rings (SSSR count). The molecular formula is C20H24N2O4. The third kappa shape index (κ3) is 4.53. The van der Waals surface area contributed by atoms with Crippen molar-refractivity contribution in [3.05, 3.63) is 54.1 Å². The first-order chi connectivity index (χ1) is 12.4. The highest BCUT2D eigenvalue weighted by atomic mass is 16.5. The summed E-state index contributed by atoms with van der Waals surface area (Å²) in [5.74, 6) is 0.625. The molecule has 0 aliphatic carbocycles. The highest BCUT2D eigenvalue weighted by molar-refractivity contribution is 6.09. The van der Waals surface area contributed by atoms with E-state index in [1.54, 1.807) is 52.3 Å². The van der Waals surface area contributed by atoms with Crippen molar-refractivity contribution in [3.63, 3.8) is 0 Å². The van der Waals surface area contributed by atoms with E-state index in [2.05, 4.69) is 10.6 Å². The Morgan fingerprint density at radius 3 is 2.19 bits per heavy atom. The lowest BCUT2D eigenvalue weighted by Gasteiger charge is -2.23. The predicted molar refractivity (Wildman–Crippen MR) is 100 cm³/mol. The van der Waals surface area contributed by atoms with Crippen molar-refractivity contribution in [2.75, 3.05) is 19.5 Å². The quantitative estimate of drug-likeness (QED) is 0.748. The highest BCUT2D eigenvalue weighted by Crippen LogP contribution is 2.22. The number of carbonyl (C=O) groups excluding carboxylic acids is 2. The average molecular weight is 356 g/mol. The van der Waals surface area contributed by atoms with Gasteiger partial charge in [0.1, 0.15) is 16.9 Å². The van der Waals surface area contributed by atoms with E-state index in [-0.39, 0.29) is 18.4 Å². The van der Waals surface area contributed by atoms with Crippen molar-refractivity contribution in [3.8, 4) is 11.5 Å². The van der Waals surface area contributed by atoms with Crippen LogP contribution < -0.4 is 20.1 Å². The molecule has 2 aromatic carbocycles. The van der Waals surface area contributed by atoms with Crippen molar-refractivity contribution < 1.29 is 19.1 Å². The Morgan fingerprint density at radius 1 is 0.923 bits per heavy atom. The van der Waals surface area contributed by atoms with Gasteiger partial charge in [-0.3, -0.25) is 9.59 Å². The molecule has 2 amide bonds. The van der Waals surface area contributed by atoms with Crippen LogP contribution >= 0.6 is 0 Å². The fourth-order valence-corrected chi connectivity index (χ4v) is 2.31. The molecule has 0 aliphatic heterocycles. The lowest BCUT2D eigenvalue weighted by Crippen LogP contribution is -2.44. The zero-order valence-electron chi connectivity index (χ0n) is 15.5. The largest absolute Gasteiger partial charge is 0.497 e. The van der Waals surface area contributed by atoms with Crippen LogP contribution in [0.25, 0.3) is 0 Å². The van der Waals surface area contributed by atoms with Crippen LogP contribution in [0.3, 0.4) is 0 Å². The van der Waals surface area contributed by atoms with Crippen molar-refractivity contribution in [1.29, 1.82) is 0 Å². The molecule has 0 saturated heterocycles. The molecule has 26 heavy (non-hydrogen) atoms. The van der Waals surface area contributed by atoms with E-state index < -0.39 is 5.41 Å². The van der Waals surface area contributed by atoms with Crippen LogP contribution in [0.1, 0.15) is 19.4 Å². The summed E-state index contributed by atoms with van der Waals surface area (Å²) < 4.78 is 10.4. The minimum Gasteiger partial charge on any atom is -0.497 e. The van der Waals surface area contributed by atoms with Gasteiger partial charge in [-0.15, -0.1) is 0 Å². The normalized spacial score (nSPS) is 10.8. The van der Waals surface area contributed by atoms with Gasteiger partial charge in [-0.05, 0) is 44.2 Å². The number of hydrogen-bond donors (Lipinski definition) is 2. The number of benzene rings is 2. The summed E-state index contributed by atoms with van der Waals surface area (Å²) in [6.45, 7) is 3.45. The Labute approximate surface area is 153 Å². The van der Waals surface area contributed by atoms with Gasteiger partial charge in [0.05, 0.1) is 14.2 Å². The molecule has 0 radical (unpaired) electrons. The van der Waals surface area contributed by atoms with E-state index in [0.29, 0.717) is 17.2 Å². The number of methoxy groups -OCH3 is 2. The van der Waals surface area contributed by atoms with E-state index in [4.69, 9.17) is 9.47 Å². The van der Waals surface area contributed by atoms with Crippen LogP contribution in [-0.2, 0) is 16.1 Å². The average Bonchev–Trinajstić information content (AvgIpc) is 2.66. The zero-order valence-corrected chi connectivity index (χ0v) is 15.5. The number of rotatable bonds is 7. The third-order valence-corrected chi connectivity index (χ3v) is 4.12. The molecule has 6 nitrogen and oxygen atoms in total. The maximum atomic E-state index is 12.5. The number of para-hydroxylation sites is 1. The molecule has 2 N–H and O–H groups in total. The molecule has 0 atom stereocenters. The fraction of sp³-hybridized carbons (Fsp3) is 0.300. The summed E-state index contributed by atoms with van der Waals surface area (Å²) in [7, 11) is 3.15. The van der Waals surface area contributed by atoms with Crippen LogP contribution in [-0.4, -0.2) is 26.0 Å². The van der Waals surface area contributed by atoms with Gasteiger partial charge in [0.2, 0.25) is 11.8 Å². The second kappa shape index (κ2) is 8.38. The van der Waals surface area contributed by atoms with Crippen molar-refractivity contribution in [1.82, 2.24) is 5.32 Å². The Hall–Kier alpha value is -3.02. The Balaban J connectivity index is 2.00. The van der Waals surface area contributed by atoms with Crippen molar-refractivity contribution in [2.24, 2.45) is 5.41 Å². The van der Waals surface area contributed by atoms with E-state index in [1.165, 1.54) is 0 Å². The number of hydrogen-bond acceptors (Lipinski definition) is 4. The zero-order chi connectivity index (χ0) is 19.2. The van der Waals surface area contributed by atoms with Gasteiger partial charge >= 0.3 is 0 Å². The van der Waals surface area contributed by atoms with E-state index >= 15 is 0 Å². The molecule has 0 heterocycles. The van der Waals surface area contributed by atoms with Gasteiger partial charge in [-0.25, -0.2) is 0 Å². The minimum absolute atomic E-state index is 0.280. The molecular weight excluding hydrogens is 332 g/mol. The van der Waals surface area contributed by atoms with Crippen molar-refractivity contribution >= 4 is 17.5 Å². The Kier molecular flexibility index (Phi) is 6.22. The number of anilines is 1. The number of amides is 2. The maximum Gasteiger partial charge on any atom is 0.239 e. The molecule has 2 aromatic rings. The summed E-state index contributed by atoms with van der Waals surface area (Å²) in [5, 5.41) is 5.55. The summed E-state index contributed by atoms with van der Waals surface area (Å²) in [6.07, 6.45) is 0.